The first kappa shape index (κ1) is 64.7. The van der Waals surface area contributed by atoms with Crippen molar-refractivity contribution in [2.75, 3.05) is 34.9 Å². The minimum atomic E-state index is -4.98. The highest BCUT2D eigenvalue weighted by Gasteiger charge is 2.45. The van der Waals surface area contributed by atoms with Crippen molar-refractivity contribution in [1.82, 2.24) is 15.1 Å². The number of carbonyl (C=O) groups is 3. The molecule has 24 heteroatoms. The molecule has 1 fully saturated rings. The van der Waals surface area contributed by atoms with Gasteiger partial charge in [0.25, 0.3) is 17.7 Å². The largest absolute Gasteiger partial charge is 0.501 e. The second-order valence-electron chi connectivity index (χ2n) is 24.9. The molecule has 12 rings (SSSR count). The zero-order valence-corrected chi connectivity index (χ0v) is 53.4. The number of carbonyl (C=O) groups excluding carboxylic acids is 3. The lowest BCUT2D eigenvalue weighted by Crippen LogP contribution is -2.60. The van der Waals surface area contributed by atoms with Crippen LogP contribution in [0.1, 0.15) is 89.4 Å². The summed E-state index contributed by atoms with van der Waals surface area (Å²) >= 11 is 0. The van der Waals surface area contributed by atoms with Crippen molar-refractivity contribution in [2.45, 2.75) is 115 Å². The summed E-state index contributed by atoms with van der Waals surface area (Å²) in [5.74, 6) is -0.394. The summed E-state index contributed by atoms with van der Waals surface area (Å²) < 4.78 is 74.7. The Hall–Kier alpha value is -9.40. The molecular weight excluding hydrogens is 1230 g/mol. The summed E-state index contributed by atoms with van der Waals surface area (Å²) in [6, 6.07) is 38.3. The van der Waals surface area contributed by atoms with Crippen LogP contribution in [0.5, 0.6) is 40.2 Å². The van der Waals surface area contributed by atoms with E-state index >= 15 is 0 Å². The Labute approximate surface area is 543 Å². The minimum Gasteiger partial charge on any atom is -0.493 e. The highest BCUT2D eigenvalue weighted by atomic mass is 32.3. The van der Waals surface area contributed by atoms with Crippen LogP contribution >= 0.6 is 0 Å². The van der Waals surface area contributed by atoms with Gasteiger partial charge in [0.15, 0.2) is 34.5 Å². The van der Waals surface area contributed by atoms with E-state index in [2.05, 4.69) is 17.4 Å². The van der Waals surface area contributed by atoms with E-state index in [9.17, 15) is 43.2 Å². The maximum absolute atomic E-state index is 14.2. The van der Waals surface area contributed by atoms with Crippen LogP contribution < -0.4 is 37.4 Å². The number of benzene rings is 7. The van der Waals surface area contributed by atoms with Gasteiger partial charge < -0.3 is 76.8 Å². The Bertz CT molecular complexity index is 4050. The summed E-state index contributed by atoms with van der Waals surface area (Å²) in [7, 11) is 2.16. The van der Waals surface area contributed by atoms with Gasteiger partial charge in [-0.1, -0.05) is 48.5 Å². The van der Waals surface area contributed by atoms with Crippen LogP contribution in [-0.4, -0.2) is 157 Å². The van der Waals surface area contributed by atoms with Crippen molar-refractivity contribution < 1.29 is 84.5 Å². The molecule has 7 aromatic rings. The van der Waals surface area contributed by atoms with Gasteiger partial charge in [-0.15, -0.1) is 8.42 Å². The molecule has 1 saturated heterocycles. The van der Waals surface area contributed by atoms with Gasteiger partial charge in [0.1, 0.15) is 56.5 Å². The lowest BCUT2D eigenvalue weighted by molar-refractivity contribution is -0.916. The Morgan fingerprint density at radius 2 is 1.14 bits per heavy atom. The molecule has 5 aliphatic rings. The van der Waals surface area contributed by atoms with Crippen LogP contribution in [0.4, 0.5) is 11.4 Å². The van der Waals surface area contributed by atoms with Gasteiger partial charge in [-0.3, -0.25) is 24.4 Å². The number of nitrogens with zero attached hydrogens (tertiary/aromatic N) is 5. The van der Waals surface area contributed by atoms with Gasteiger partial charge in [0.2, 0.25) is 6.29 Å². The van der Waals surface area contributed by atoms with E-state index in [0.717, 1.165) is 39.4 Å². The summed E-state index contributed by atoms with van der Waals surface area (Å²) in [6.45, 7) is 4.71. The fourth-order valence-electron chi connectivity index (χ4n) is 12.5. The predicted molar refractivity (Wildman–Crippen MR) is 345 cm³/mol. The van der Waals surface area contributed by atoms with Crippen molar-refractivity contribution >= 4 is 51.9 Å². The zero-order chi connectivity index (χ0) is 66.2. The molecule has 0 spiro atoms. The lowest BCUT2D eigenvalue weighted by Gasteiger charge is -2.39. The number of rotatable bonds is 21. The number of hydrogen-bond acceptors (Lipinski definition) is 19. The molecule has 0 aromatic heterocycles. The average Bonchev–Trinajstić information content (AvgIpc) is 1.52. The molecule has 0 saturated carbocycles. The summed E-state index contributed by atoms with van der Waals surface area (Å²) in [4.78, 5) is 54.9. The molecule has 7 aromatic carbocycles. The van der Waals surface area contributed by atoms with E-state index < -0.39 is 59.4 Å². The maximum atomic E-state index is 14.2. The van der Waals surface area contributed by atoms with E-state index in [1.807, 2.05) is 90.9 Å². The van der Waals surface area contributed by atoms with Crippen molar-refractivity contribution in [2.24, 2.45) is 9.98 Å². The number of methoxy groups -OCH3 is 2. The zero-order valence-electron chi connectivity index (χ0n) is 52.6. The highest BCUT2D eigenvalue weighted by Crippen LogP contribution is 2.42. The van der Waals surface area contributed by atoms with Crippen LogP contribution in [-0.2, 0) is 67.4 Å². The van der Waals surface area contributed by atoms with E-state index in [1.54, 1.807) is 50.2 Å². The van der Waals surface area contributed by atoms with Crippen LogP contribution in [0.2, 0.25) is 0 Å². The molecule has 23 nitrogen and oxygen atoms in total. The highest BCUT2D eigenvalue weighted by molar-refractivity contribution is 7.82. The molecule has 5 N–H and O–H groups in total. The van der Waals surface area contributed by atoms with Crippen molar-refractivity contribution in [3.63, 3.8) is 0 Å². The van der Waals surface area contributed by atoms with Crippen LogP contribution in [0.25, 0.3) is 0 Å². The average molecular weight is 1300 g/mol. The number of nitrogens with one attached hydrogen (secondary N) is 1. The topological polar surface area (TPSA) is 283 Å². The standard InChI is InChI=1S/C70H72N6O17S/c1-40(2)73-67(81)47-17-20-57(90-70-66(80)65(79)64(78)63(37-77)91-70)62(26-47)93-94(84,85)92-52-18-15-41(16-19-52)35-76(3,4)36-42-21-43(38-88-60-29-55-53(27-58(60)86-5)68(82)74-33-48-13-9-7-11-45(48)24-50(74)31-71-55)23-44(22-42)39-89-61-30-56-54(28-59(61)87-6)69(83)75-34-49-14-10-8-12-46(49)25-51(75)32-72-56/h7-23,26-32,40,50-51,63-66,70,77-80H,24-25,33-39H2,1-6H3/p+1/t50?,51?,63-,64+,65+,66-,70+/m1/s1. The smallest absolute Gasteiger partial charge is 0.493 e. The second-order valence-corrected chi connectivity index (χ2v) is 26.0. The van der Waals surface area contributed by atoms with Gasteiger partial charge in [-0.25, -0.2) is 0 Å². The van der Waals surface area contributed by atoms with E-state index in [0.29, 0.717) is 89.0 Å². The van der Waals surface area contributed by atoms with Crippen LogP contribution in [0, 0.1) is 0 Å². The molecule has 490 valence electrons. The molecule has 2 unspecified atom stereocenters. The second kappa shape index (κ2) is 26.9. The van der Waals surface area contributed by atoms with Gasteiger partial charge in [-0.05, 0) is 133 Å². The summed E-state index contributed by atoms with van der Waals surface area (Å²) in [5, 5.41) is 43.9. The third-order valence-corrected chi connectivity index (χ3v) is 17.8. The first-order valence-electron chi connectivity index (χ1n) is 30.7. The molecular formula is C70H73N6O17S+. The molecule has 7 atom stereocenters. The normalized spacial score (nSPS) is 20.5. The van der Waals surface area contributed by atoms with E-state index in [1.165, 1.54) is 49.6 Å². The number of hydrogen-bond donors (Lipinski definition) is 5. The van der Waals surface area contributed by atoms with E-state index in [-0.39, 0.29) is 60.2 Å². The Balaban J connectivity index is 0.779. The first-order valence-corrected chi connectivity index (χ1v) is 32.1. The Kier molecular flexibility index (Phi) is 18.5. The predicted octanol–water partition coefficient (Wildman–Crippen LogP) is 7.22. The molecule has 0 radical (unpaired) electrons. The molecule has 0 bridgehead atoms. The van der Waals surface area contributed by atoms with E-state index in [4.69, 9.17) is 46.8 Å². The minimum absolute atomic E-state index is 0.0198. The van der Waals surface area contributed by atoms with Crippen molar-refractivity contribution in [3.05, 3.63) is 195 Å². The number of quaternary nitrogens is 1. The van der Waals surface area contributed by atoms with Crippen molar-refractivity contribution in [1.29, 1.82) is 0 Å². The molecule has 94 heavy (non-hydrogen) atoms. The van der Waals surface area contributed by atoms with Crippen molar-refractivity contribution in [3.8, 4) is 40.2 Å². The number of fused-ring (bicyclic) bond motifs is 6. The van der Waals surface area contributed by atoms with Crippen LogP contribution in [0.3, 0.4) is 0 Å². The number of ether oxygens (including phenoxy) is 6. The third kappa shape index (κ3) is 14.1. The Morgan fingerprint density at radius 1 is 0.617 bits per heavy atom. The van der Waals surface area contributed by atoms with Gasteiger partial charge in [0.05, 0.1) is 69.5 Å². The quantitative estimate of drug-likeness (QED) is 0.0444. The monoisotopic (exact) mass is 1300 g/mol. The fraction of sp³-hybridized carbons (Fsp3) is 0.329. The molecule has 5 aliphatic heterocycles. The third-order valence-electron chi connectivity index (χ3n) is 17.0. The molecule has 3 amide bonds. The number of aliphatic hydroxyl groups is 4. The maximum Gasteiger partial charge on any atom is 0.501 e. The lowest BCUT2D eigenvalue weighted by atomic mass is 9.94. The SMILES string of the molecule is COc1cc2c(cc1OCc1cc(COc3cc4c(cc3OC)C(=O)N3Cc5ccccc5CC3C=N4)cc(C[N+](C)(C)Cc3ccc(OS(=O)(=O)Oc4cc(C(=O)NC(C)C)ccc4O[C@H]4O[C@H](CO)[C@H](O)[C@H](O)[C@H]4O)cc3)c1)N=CC1Cc3ccccc3CN1C2=O. The fourth-order valence-corrected chi connectivity index (χ4v) is 13.2. The first-order chi connectivity index (χ1) is 45.1. The van der Waals surface area contributed by atoms with Gasteiger partial charge in [0, 0.05) is 60.4 Å². The summed E-state index contributed by atoms with van der Waals surface area (Å²) in [6.07, 6.45) is -3.45. The number of amides is 3. The molecule has 5 heterocycles. The van der Waals surface area contributed by atoms with Crippen LogP contribution in [0.15, 0.2) is 143 Å². The number of aliphatic hydroxyl groups excluding tert-OH is 4. The number of aliphatic imine (C=N–C) groups is 2. The summed E-state index contributed by atoms with van der Waals surface area (Å²) in [5.41, 5.74) is 9.56. The Morgan fingerprint density at radius 3 is 1.66 bits per heavy atom. The molecule has 0 aliphatic carbocycles. The van der Waals surface area contributed by atoms with Gasteiger partial charge >= 0.3 is 10.4 Å². The van der Waals surface area contributed by atoms with Gasteiger partial charge in [-0.2, -0.15) is 0 Å².